The van der Waals surface area contributed by atoms with Crippen LogP contribution in [0.4, 0.5) is 11.4 Å². The minimum absolute atomic E-state index is 0.188. The van der Waals surface area contributed by atoms with Gasteiger partial charge in [-0.25, -0.2) is 8.42 Å². The summed E-state index contributed by atoms with van der Waals surface area (Å²) in [6, 6.07) is 14.0. The minimum Gasteiger partial charge on any atom is -0.261 e. The van der Waals surface area contributed by atoms with Gasteiger partial charge in [0, 0.05) is 17.6 Å². The molecule has 0 N–H and O–H groups in total. The van der Waals surface area contributed by atoms with Crippen LogP contribution >= 0.6 is 11.8 Å². The Bertz CT molecular complexity index is 820. The molecule has 8 heteroatoms. The smallest absolute Gasteiger partial charge is 0.261 e. The van der Waals surface area contributed by atoms with E-state index in [1.54, 1.807) is 42.1 Å². The lowest BCUT2D eigenvalue weighted by Crippen LogP contribution is -2.48. The van der Waals surface area contributed by atoms with Crippen molar-refractivity contribution in [2.75, 3.05) is 15.8 Å². The maximum Gasteiger partial charge on any atom is 0.289 e. The fourth-order valence-corrected chi connectivity index (χ4v) is 5.16. The molecule has 1 aliphatic heterocycles. The standard InChI is InChI=1S/C15H14N2O4S2/c18-17(19)14-8-4-5-9-15(14)23(20,21)16(13-10-22-11-13)12-6-2-1-3-7-12/h1-9,13H,10-11H2. The van der Waals surface area contributed by atoms with Gasteiger partial charge in [0.15, 0.2) is 4.90 Å². The van der Waals surface area contributed by atoms with Gasteiger partial charge >= 0.3 is 0 Å². The van der Waals surface area contributed by atoms with E-state index in [2.05, 4.69) is 0 Å². The molecule has 23 heavy (non-hydrogen) atoms. The van der Waals surface area contributed by atoms with Crippen LogP contribution in [0.25, 0.3) is 0 Å². The molecule has 0 aliphatic carbocycles. The van der Waals surface area contributed by atoms with Gasteiger partial charge in [-0.05, 0) is 18.2 Å². The molecule has 6 nitrogen and oxygen atoms in total. The van der Waals surface area contributed by atoms with Crippen LogP contribution < -0.4 is 4.31 Å². The van der Waals surface area contributed by atoms with Crippen LogP contribution in [-0.4, -0.2) is 30.9 Å². The van der Waals surface area contributed by atoms with E-state index in [1.165, 1.54) is 28.6 Å². The molecule has 3 rings (SSSR count). The van der Waals surface area contributed by atoms with Crippen molar-refractivity contribution >= 4 is 33.2 Å². The second kappa shape index (κ2) is 6.21. The predicted molar refractivity (Wildman–Crippen MR) is 90.3 cm³/mol. The average molecular weight is 350 g/mol. The molecule has 0 bridgehead atoms. The largest absolute Gasteiger partial charge is 0.289 e. The highest BCUT2D eigenvalue weighted by atomic mass is 32.2. The lowest BCUT2D eigenvalue weighted by molar-refractivity contribution is -0.387. The number of hydrogen-bond acceptors (Lipinski definition) is 5. The summed E-state index contributed by atoms with van der Waals surface area (Å²) < 4.78 is 27.5. The molecule has 0 aromatic heterocycles. The first-order chi connectivity index (χ1) is 11.0. The molecule has 0 radical (unpaired) electrons. The van der Waals surface area contributed by atoms with Gasteiger partial charge in [-0.1, -0.05) is 30.3 Å². The van der Waals surface area contributed by atoms with E-state index in [0.29, 0.717) is 17.2 Å². The first-order valence-electron chi connectivity index (χ1n) is 6.92. The summed E-state index contributed by atoms with van der Waals surface area (Å²) in [4.78, 5) is 10.3. The van der Waals surface area contributed by atoms with Gasteiger partial charge < -0.3 is 0 Å². The summed E-state index contributed by atoms with van der Waals surface area (Å²) in [5.74, 6) is 1.35. The number of sulfonamides is 1. The van der Waals surface area contributed by atoms with E-state index in [0.717, 1.165) is 0 Å². The third-order valence-corrected chi connectivity index (χ3v) is 6.73. The zero-order valence-corrected chi connectivity index (χ0v) is 13.7. The normalized spacial score (nSPS) is 15.0. The van der Waals surface area contributed by atoms with E-state index < -0.39 is 20.6 Å². The first kappa shape index (κ1) is 15.8. The highest BCUT2D eigenvalue weighted by molar-refractivity contribution is 8.01. The minimum atomic E-state index is -4.01. The fourth-order valence-electron chi connectivity index (χ4n) is 2.41. The number of benzene rings is 2. The van der Waals surface area contributed by atoms with Crippen LogP contribution in [0.5, 0.6) is 0 Å². The molecule has 0 spiro atoms. The zero-order chi connectivity index (χ0) is 16.4. The lowest BCUT2D eigenvalue weighted by atomic mass is 10.3. The molecule has 0 amide bonds. The third-order valence-electron chi connectivity index (χ3n) is 3.56. The maximum absolute atomic E-state index is 13.1. The number of nitrogens with zero attached hydrogens (tertiary/aromatic N) is 2. The summed E-state index contributed by atoms with van der Waals surface area (Å²) in [6.07, 6.45) is 0. The second-order valence-corrected chi connectivity index (χ2v) is 7.91. The summed E-state index contributed by atoms with van der Waals surface area (Å²) in [7, 11) is -4.01. The van der Waals surface area contributed by atoms with Gasteiger partial charge in [-0.15, -0.1) is 0 Å². The SMILES string of the molecule is O=[N+]([O-])c1ccccc1S(=O)(=O)N(c1ccccc1)C1CSC1. The molecule has 1 fully saturated rings. The Morgan fingerprint density at radius 1 is 1.04 bits per heavy atom. The fraction of sp³-hybridized carbons (Fsp3) is 0.200. The van der Waals surface area contributed by atoms with E-state index in [-0.39, 0.29) is 10.9 Å². The van der Waals surface area contributed by atoms with Crippen LogP contribution in [0, 0.1) is 10.1 Å². The van der Waals surface area contributed by atoms with Crippen LogP contribution in [0.3, 0.4) is 0 Å². The molecule has 1 heterocycles. The van der Waals surface area contributed by atoms with Gasteiger partial charge in [-0.2, -0.15) is 11.8 Å². The van der Waals surface area contributed by atoms with Crippen LogP contribution in [0.1, 0.15) is 0 Å². The van der Waals surface area contributed by atoms with E-state index >= 15 is 0 Å². The van der Waals surface area contributed by atoms with E-state index in [4.69, 9.17) is 0 Å². The molecule has 120 valence electrons. The predicted octanol–water partition coefficient (Wildman–Crippen LogP) is 2.91. The van der Waals surface area contributed by atoms with Crippen molar-refractivity contribution in [3.63, 3.8) is 0 Å². The summed E-state index contributed by atoms with van der Waals surface area (Å²) in [6.45, 7) is 0. The van der Waals surface area contributed by atoms with Gasteiger partial charge in [0.05, 0.1) is 16.7 Å². The van der Waals surface area contributed by atoms with E-state index in [9.17, 15) is 18.5 Å². The quantitative estimate of drug-likeness (QED) is 0.612. The average Bonchev–Trinajstić information content (AvgIpc) is 2.51. The summed E-state index contributed by atoms with van der Waals surface area (Å²) in [5, 5.41) is 11.2. The van der Waals surface area contributed by atoms with Crippen LogP contribution in [0.15, 0.2) is 59.5 Å². The number of anilines is 1. The molecular weight excluding hydrogens is 336 g/mol. The molecule has 2 aromatic carbocycles. The van der Waals surface area contributed by atoms with Gasteiger partial charge in [-0.3, -0.25) is 14.4 Å². The van der Waals surface area contributed by atoms with Gasteiger partial charge in [0.2, 0.25) is 0 Å². The van der Waals surface area contributed by atoms with Crippen molar-refractivity contribution in [3.8, 4) is 0 Å². The molecular formula is C15H14N2O4S2. The molecule has 1 saturated heterocycles. The van der Waals surface area contributed by atoms with Crippen molar-refractivity contribution in [1.82, 2.24) is 0 Å². The van der Waals surface area contributed by atoms with Crippen molar-refractivity contribution < 1.29 is 13.3 Å². The number of hydrogen-bond donors (Lipinski definition) is 0. The molecule has 0 saturated carbocycles. The third kappa shape index (κ3) is 2.91. The number of thioether (sulfide) groups is 1. The maximum atomic E-state index is 13.1. The number of nitro benzene ring substituents is 1. The van der Waals surface area contributed by atoms with E-state index in [1.807, 2.05) is 0 Å². The number of para-hydroxylation sites is 2. The van der Waals surface area contributed by atoms with Crippen molar-refractivity contribution in [2.45, 2.75) is 10.9 Å². The molecule has 0 atom stereocenters. The molecule has 2 aromatic rings. The lowest BCUT2D eigenvalue weighted by Gasteiger charge is -2.37. The van der Waals surface area contributed by atoms with Gasteiger partial charge in [0.1, 0.15) is 0 Å². The van der Waals surface area contributed by atoms with Crippen molar-refractivity contribution in [1.29, 1.82) is 0 Å². The first-order valence-corrected chi connectivity index (χ1v) is 9.52. The Hall–Kier alpha value is -2.06. The monoisotopic (exact) mass is 350 g/mol. The highest BCUT2D eigenvalue weighted by Gasteiger charge is 2.38. The van der Waals surface area contributed by atoms with Crippen LogP contribution in [-0.2, 0) is 10.0 Å². The van der Waals surface area contributed by atoms with Crippen LogP contribution in [0.2, 0.25) is 0 Å². The van der Waals surface area contributed by atoms with Crippen molar-refractivity contribution in [2.24, 2.45) is 0 Å². The highest BCUT2D eigenvalue weighted by Crippen LogP contribution is 2.35. The second-order valence-electron chi connectivity index (χ2n) is 5.05. The summed E-state index contributed by atoms with van der Waals surface area (Å²) in [5.41, 5.74) is 0.122. The molecule has 1 aliphatic rings. The zero-order valence-electron chi connectivity index (χ0n) is 12.0. The number of nitro groups is 1. The Morgan fingerprint density at radius 2 is 1.65 bits per heavy atom. The van der Waals surface area contributed by atoms with Crippen molar-refractivity contribution in [3.05, 3.63) is 64.7 Å². The van der Waals surface area contributed by atoms with Gasteiger partial charge in [0.25, 0.3) is 15.7 Å². The Balaban J connectivity index is 2.14. The topological polar surface area (TPSA) is 80.5 Å². The Labute approximate surface area is 138 Å². The number of rotatable bonds is 5. The summed E-state index contributed by atoms with van der Waals surface area (Å²) >= 11 is 1.65. The molecule has 0 unspecified atom stereocenters. The Kier molecular flexibility index (Phi) is 4.27. The Morgan fingerprint density at radius 3 is 2.22 bits per heavy atom.